The van der Waals surface area contributed by atoms with Crippen molar-refractivity contribution in [2.45, 2.75) is 30.9 Å². The third-order valence-electron chi connectivity index (χ3n) is 4.86. The lowest BCUT2D eigenvalue weighted by molar-refractivity contribution is -0.0850. The van der Waals surface area contributed by atoms with Crippen molar-refractivity contribution >= 4 is 11.8 Å². The van der Waals surface area contributed by atoms with Gasteiger partial charge in [-0.3, -0.25) is 0 Å². The summed E-state index contributed by atoms with van der Waals surface area (Å²) in [4.78, 5) is 0. The second-order valence-electron chi connectivity index (χ2n) is 6.13. The van der Waals surface area contributed by atoms with Crippen molar-refractivity contribution in [3.63, 3.8) is 0 Å². The lowest BCUT2D eigenvalue weighted by Crippen LogP contribution is -2.43. The summed E-state index contributed by atoms with van der Waals surface area (Å²) in [6, 6.07) is 8.89. The first-order valence-electron chi connectivity index (χ1n) is 7.79. The number of benzene rings is 1. The summed E-state index contributed by atoms with van der Waals surface area (Å²) in [6.45, 7) is 0.902. The Hall–Kier alpha value is -0.710. The van der Waals surface area contributed by atoms with E-state index in [1.165, 1.54) is 29.9 Å². The molecule has 2 aliphatic heterocycles. The molecule has 116 valence electrons. The van der Waals surface area contributed by atoms with Crippen LogP contribution in [0.5, 0.6) is 5.75 Å². The predicted octanol–water partition coefficient (Wildman–Crippen LogP) is 3.26. The Morgan fingerprint density at radius 2 is 2.19 bits per heavy atom. The van der Waals surface area contributed by atoms with Crippen molar-refractivity contribution < 1.29 is 9.47 Å². The van der Waals surface area contributed by atoms with E-state index in [-0.39, 0.29) is 5.60 Å². The van der Waals surface area contributed by atoms with Crippen LogP contribution in [0, 0.1) is 5.92 Å². The summed E-state index contributed by atoms with van der Waals surface area (Å²) in [6.07, 6.45) is 3.54. The topological polar surface area (TPSA) is 30.5 Å². The fourth-order valence-corrected chi connectivity index (χ4v) is 5.08. The van der Waals surface area contributed by atoms with E-state index in [4.69, 9.17) is 9.47 Å². The minimum absolute atomic E-state index is 0.148. The number of hydrogen-bond acceptors (Lipinski definition) is 4. The van der Waals surface area contributed by atoms with E-state index in [0.717, 1.165) is 18.8 Å². The Morgan fingerprint density at radius 3 is 2.81 bits per heavy atom. The molecular weight excluding hydrogens is 282 g/mol. The number of nitrogens with one attached hydrogen (secondary N) is 1. The van der Waals surface area contributed by atoms with Crippen LogP contribution >= 0.6 is 11.8 Å². The number of methoxy groups -OCH3 is 1. The Bertz CT molecular complexity index is 456. The highest BCUT2D eigenvalue weighted by Gasteiger charge is 2.42. The smallest absolute Gasteiger partial charge is 0.118 e. The summed E-state index contributed by atoms with van der Waals surface area (Å²) in [5.74, 6) is 3.99. The molecule has 0 aliphatic carbocycles. The molecule has 3 nitrogen and oxygen atoms in total. The zero-order valence-electron chi connectivity index (χ0n) is 12.9. The molecule has 4 heteroatoms. The van der Waals surface area contributed by atoms with Crippen LogP contribution in [-0.2, 0) is 4.74 Å². The van der Waals surface area contributed by atoms with Gasteiger partial charge in [0.25, 0.3) is 0 Å². The van der Waals surface area contributed by atoms with E-state index in [2.05, 4.69) is 36.6 Å². The van der Waals surface area contributed by atoms with E-state index in [9.17, 15) is 0 Å². The fraction of sp³-hybridized carbons (Fsp3) is 0.647. The van der Waals surface area contributed by atoms with Gasteiger partial charge in [-0.25, -0.2) is 0 Å². The first-order valence-corrected chi connectivity index (χ1v) is 8.95. The van der Waals surface area contributed by atoms with E-state index in [1.807, 2.05) is 11.8 Å². The van der Waals surface area contributed by atoms with E-state index in [0.29, 0.717) is 12.0 Å². The molecule has 2 saturated heterocycles. The van der Waals surface area contributed by atoms with Crippen LogP contribution in [0.4, 0.5) is 0 Å². The van der Waals surface area contributed by atoms with Gasteiger partial charge in [0.1, 0.15) is 5.75 Å². The Balaban J connectivity index is 1.75. The van der Waals surface area contributed by atoms with Crippen LogP contribution in [0.1, 0.15) is 30.9 Å². The third kappa shape index (κ3) is 3.22. The van der Waals surface area contributed by atoms with Gasteiger partial charge < -0.3 is 14.8 Å². The molecule has 2 fully saturated rings. The molecule has 3 atom stereocenters. The average Bonchev–Trinajstić information content (AvgIpc) is 2.96. The summed E-state index contributed by atoms with van der Waals surface area (Å²) < 4.78 is 11.4. The molecule has 0 aromatic heterocycles. The van der Waals surface area contributed by atoms with Crippen LogP contribution in [0.25, 0.3) is 0 Å². The van der Waals surface area contributed by atoms with Gasteiger partial charge in [0.15, 0.2) is 0 Å². The Morgan fingerprint density at radius 1 is 1.38 bits per heavy atom. The van der Waals surface area contributed by atoms with E-state index >= 15 is 0 Å². The quantitative estimate of drug-likeness (QED) is 0.925. The number of thioether (sulfide) groups is 1. The predicted molar refractivity (Wildman–Crippen MR) is 88.1 cm³/mol. The third-order valence-corrected chi connectivity index (χ3v) is 6.08. The van der Waals surface area contributed by atoms with E-state index in [1.54, 1.807) is 7.11 Å². The first-order chi connectivity index (χ1) is 10.3. The minimum Gasteiger partial charge on any atom is -0.497 e. The second kappa shape index (κ2) is 6.59. The van der Waals surface area contributed by atoms with Gasteiger partial charge in [-0.2, -0.15) is 11.8 Å². The van der Waals surface area contributed by atoms with Crippen molar-refractivity contribution in [3.8, 4) is 5.75 Å². The summed E-state index contributed by atoms with van der Waals surface area (Å²) in [7, 11) is 3.78. The summed E-state index contributed by atoms with van der Waals surface area (Å²) >= 11 is 2.04. The van der Waals surface area contributed by atoms with E-state index < -0.39 is 0 Å². The summed E-state index contributed by atoms with van der Waals surface area (Å²) in [5, 5.41) is 3.53. The average molecular weight is 307 g/mol. The van der Waals surface area contributed by atoms with Gasteiger partial charge in [0.2, 0.25) is 0 Å². The minimum atomic E-state index is 0.148. The SMILES string of the molecule is CNC(c1ccc(OC)cc1)C1CCOC2(CCSC2)C1. The molecule has 1 aromatic carbocycles. The van der Waals surface area contributed by atoms with Gasteiger partial charge in [-0.15, -0.1) is 0 Å². The molecule has 1 aromatic rings. The molecule has 2 aliphatic rings. The van der Waals surface area contributed by atoms with Crippen LogP contribution in [0.3, 0.4) is 0 Å². The van der Waals surface area contributed by atoms with Crippen LogP contribution < -0.4 is 10.1 Å². The highest BCUT2D eigenvalue weighted by atomic mass is 32.2. The first kappa shape index (κ1) is 15.2. The molecule has 0 saturated carbocycles. The highest BCUT2D eigenvalue weighted by molar-refractivity contribution is 7.99. The number of hydrogen-bond donors (Lipinski definition) is 1. The molecule has 0 bridgehead atoms. The number of rotatable bonds is 4. The second-order valence-corrected chi connectivity index (χ2v) is 7.23. The standard InChI is InChI=1S/C17H25NO2S/c1-18-16(13-3-5-15(19-2)6-4-13)14-7-9-20-17(11-14)8-10-21-12-17/h3-6,14,16,18H,7-12H2,1-2H3. The van der Waals surface area contributed by atoms with Gasteiger partial charge >= 0.3 is 0 Å². The zero-order valence-corrected chi connectivity index (χ0v) is 13.7. The molecule has 3 rings (SSSR count). The molecule has 0 radical (unpaired) electrons. The zero-order chi connectivity index (χ0) is 14.7. The molecule has 3 unspecified atom stereocenters. The molecule has 2 heterocycles. The van der Waals surface area contributed by atoms with Crippen LogP contribution in [0.15, 0.2) is 24.3 Å². The van der Waals surface area contributed by atoms with Crippen molar-refractivity contribution in [1.29, 1.82) is 0 Å². The van der Waals surface area contributed by atoms with Crippen molar-refractivity contribution in [3.05, 3.63) is 29.8 Å². The highest BCUT2D eigenvalue weighted by Crippen LogP contribution is 2.44. The van der Waals surface area contributed by atoms with Crippen LogP contribution in [0.2, 0.25) is 0 Å². The maximum Gasteiger partial charge on any atom is 0.118 e. The van der Waals surface area contributed by atoms with Crippen molar-refractivity contribution in [1.82, 2.24) is 5.32 Å². The maximum atomic E-state index is 6.16. The Kier molecular flexibility index (Phi) is 4.77. The number of ether oxygens (including phenoxy) is 2. The molecule has 1 spiro atoms. The lowest BCUT2D eigenvalue weighted by atomic mass is 9.79. The normalized spacial score (nSPS) is 30.5. The van der Waals surface area contributed by atoms with Gasteiger partial charge in [0.05, 0.1) is 12.7 Å². The van der Waals surface area contributed by atoms with Gasteiger partial charge in [-0.1, -0.05) is 12.1 Å². The lowest BCUT2D eigenvalue weighted by Gasteiger charge is -2.41. The molecular formula is C17H25NO2S. The fourth-order valence-electron chi connectivity index (χ4n) is 3.70. The van der Waals surface area contributed by atoms with Crippen molar-refractivity contribution in [2.24, 2.45) is 5.92 Å². The van der Waals surface area contributed by atoms with Crippen LogP contribution in [-0.4, -0.2) is 37.9 Å². The Labute approximate surface area is 131 Å². The molecule has 1 N–H and O–H groups in total. The monoisotopic (exact) mass is 307 g/mol. The molecule has 0 amide bonds. The molecule has 21 heavy (non-hydrogen) atoms. The maximum absolute atomic E-state index is 6.16. The van der Waals surface area contributed by atoms with Crippen molar-refractivity contribution in [2.75, 3.05) is 32.3 Å². The largest absolute Gasteiger partial charge is 0.497 e. The summed E-state index contributed by atoms with van der Waals surface area (Å²) in [5.41, 5.74) is 1.50. The van der Waals surface area contributed by atoms with Gasteiger partial charge in [0, 0.05) is 18.4 Å². The van der Waals surface area contributed by atoms with Gasteiger partial charge in [-0.05, 0) is 55.7 Å².